The Balaban J connectivity index is 2.42. The van der Waals surface area contributed by atoms with Gasteiger partial charge in [-0.2, -0.15) is 0 Å². The van der Waals surface area contributed by atoms with E-state index >= 15 is 0 Å². The first-order valence-electron chi connectivity index (χ1n) is 4.76. The highest BCUT2D eigenvalue weighted by atomic mass is 32.2. The molecule has 7 heteroatoms. The molecule has 0 saturated carbocycles. The van der Waals surface area contributed by atoms with Gasteiger partial charge in [0.2, 0.25) is 5.16 Å². The highest BCUT2D eigenvalue weighted by molar-refractivity contribution is 7.99. The average molecular weight is 245 g/mol. The molecule has 1 rings (SSSR count). The van der Waals surface area contributed by atoms with Crippen LogP contribution in [0.15, 0.2) is 5.16 Å². The van der Waals surface area contributed by atoms with Crippen molar-refractivity contribution < 1.29 is 14.6 Å². The van der Waals surface area contributed by atoms with Crippen molar-refractivity contribution in [3.05, 3.63) is 5.82 Å². The Morgan fingerprint density at radius 2 is 2.25 bits per heavy atom. The van der Waals surface area contributed by atoms with Crippen LogP contribution in [0.3, 0.4) is 0 Å². The average Bonchev–Trinajstić information content (AvgIpc) is 2.58. The van der Waals surface area contributed by atoms with E-state index in [1.807, 2.05) is 20.8 Å². The molecule has 0 unspecified atom stereocenters. The molecule has 2 N–H and O–H groups in total. The van der Waals surface area contributed by atoms with Crippen LogP contribution in [0.1, 0.15) is 26.6 Å². The normalized spacial score (nSPS) is 11.7. The van der Waals surface area contributed by atoms with Crippen LogP contribution in [-0.2, 0) is 16.1 Å². The van der Waals surface area contributed by atoms with Gasteiger partial charge < -0.3 is 9.84 Å². The number of carbonyl (C=O) groups is 1. The molecule has 1 heterocycles. The fraction of sp³-hybridized carbons (Fsp3) is 0.667. The van der Waals surface area contributed by atoms with Crippen LogP contribution in [0.5, 0.6) is 0 Å². The van der Waals surface area contributed by atoms with Crippen molar-refractivity contribution in [2.45, 2.75) is 38.1 Å². The molecule has 0 radical (unpaired) electrons. The second kappa shape index (κ2) is 5.31. The van der Waals surface area contributed by atoms with Crippen LogP contribution in [0, 0.1) is 0 Å². The minimum atomic E-state index is -0.887. The Morgan fingerprint density at radius 3 is 2.81 bits per heavy atom. The number of hydrogen-bond donors (Lipinski definition) is 2. The molecule has 90 valence electrons. The highest BCUT2D eigenvalue weighted by Gasteiger charge is 2.12. The van der Waals surface area contributed by atoms with E-state index < -0.39 is 5.97 Å². The molecule has 0 saturated heterocycles. The molecular weight excluding hydrogens is 230 g/mol. The van der Waals surface area contributed by atoms with Crippen molar-refractivity contribution in [2.75, 3.05) is 5.75 Å². The number of aromatic amines is 1. The summed E-state index contributed by atoms with van der Waals surface area (Å²) in [5, 5.41) is 15.5. The summed E-state index contributed by atoms with van der Waals surface area (Å²) in [6.45, 7) is 6.18. The zero-order valence-corrected chi connectivity index (χ0v) is 10.3. The summed E-state index contributed by atoms with van der Waals surface area (Å²) in [6, 6.07) is 0. The third-order valence-corrected chi connectivity index (χ3v) is 2.31. The second-order valence-electron chi connectivity index (χ2n) is 4.15. The fourth-order valence-electron chi connectivity index (χ4n) is 0.818. The number of thioether (sulfide) groups is 1. The Morgan fingerprint density at radius 1 is 1.56 bits per heavy atom. The maximum atomic E-state index is 10.3. The van der Waals surface area contributed by atoms with Crippen LogP contribution in [0.4, 0.5) is 0 Å². The number of H-pyrrole nitrogens is 1. The van der Waals surface area contributed by atoms with Crippen molar-refractivity contribution in [1.82, 2.24) is 15.2 Å². The standard InChI is InChI=1S/C9H15N3O3S/c1-9(2,3)15-4-6-10-8(12-11-6)16-5-7(13)14/h4-5H2,1-3H3,(H,13,14)(H,10,11,12). The maximum Gasteiger partial charge on any atom is 0.313 e. The number of aromatic nitrogens is 3. The summed E-state index contributed by atoms with van der Waals surface area (Å²) < 4.78 is 5.49. The first kappa shape index (κ1) is 13.0. The van der Waals surface area contributed by atoms with Crippen molar-refractivity contribution >= 4 is 17.7 Å². The number of carboxylic acid groups (broad SMARTS) is 1. The molecule has 0 aromatic carbocycles. The summed E-state index contributed by atoms with van der Waals surface area (Å²) in [7, 11) is 0. The van der Waals surface area contributed by atoms with Gasteiger partial charge in [-0.3, -0.25) is 9.89 Å². The molecular formula is C9H15N3O3S. The van der Waals surface area contributed by atoms with E-state index in [2.05, 4.69) is 15.2 Å². The van der Waals surface area contributed by atoms with Gasteiger partial charge in [0.15, 0.2) is 5.82 Å². The first-order chi connectivity index (χ1) is 7.37. The zero-order chi connectivity index (χ0) is 12.2. The molecule has 1 aromatic rings. The van der Waals surface area contributed by atoms with Crippen molar-refractivity contribution in [3.8, 4) is 0 Å². The zero-order valence-electron chi connectivity index (χ0n) is 9.48. The fourth-order valence-corrected chi connectivity index (χ4v) is 1.36. The molecule has 16 heavy (non-hydrogen) atoms. The van der Waals surface area contributed by atoms with Crippen molar-refractivity contribution in [1.29, 1.82) is 0 Å². The quantitative estimate of drug-likeness (QED) is 0.760. The smallest absolute Gasteiger partial charge is 0.313 e. The maximum absolute atomic E-state index is 10.3. The highest BCUT2D eigenvalue weighted by Crippen LogP contribution is 2.14. The largest absolute Gasteiger partial charge is 0.481 e. The summed E-state index contributed by atoms with van der Waals surface area (Å²) in [5.41, 5.74) is -0.235. The third kappa shape index (κ3) is 5.13. The Kier molecular flexibility index (Phi) is 4.31. The monoisotopic (exact) mass is 245 g/mol. The van der Waals surface area contributed by atoms with Crippen LogP contribution >= 0.6 is 11.8 Å². The van der Waals surface area contributed by atoms with Crippen LogP contribution < -0.4 is 0 Å². The summed E-state index contributed by atoms with van der Waals surface area (Å²) >= 11 is 1.07. The molecule has 6 nitrogen and oxygen atoms in total. The Bertz CT molecular complexity index is 359. The van der Waals surface area contributed by atoms with E-state index in [-0.39, 0.29) is 11.4 Å². The van der Waals surface area contributed by atoms with Gasteiger partial charge >= 0.3 is 5.97 Å². The number of rotatable bonds is 5. The van der Waals surface area contributed by atoms with E-state index in [4.69, 9.17) is 9.84 Å². The molecule has 0 fully saturated rings. The molecule has 0 aliphatic carbocycles. The number of nitrogens with zero attached hydrogens (tertiary/aromatic N) is 2. The second-order valence-corrected chi connectivity index (χ2v) is 5.09. The van der Waals surface area contributed by atoms with Crippen molar-refractivity contribution in [3.63, 3.8) is 0 Å². The van der Waals surface area contributed by atoms with Gasteiger partial charge in [-0.15, -0.1) is 5.10 Å². The van der Waals surface area contributed by atoms with E-state index in [9.17, 15) is 4.79 Å². The lowest BCUT2D eigenvalue weighted by atomic mass is 10.2. The lowest BCUT2D eigenvalue weighted by Gasteiger charge is -2.18. The molecule has 0 aliphatic rings. The van der Waals surface area contributed by atoms with Crippen molar-refractivity contribution in [2.24, 2.45) is 0 Å². The lowest BCUT2D eigenvalue weighted by molar-refractivity contribution is -0.133. The van der Waals surface area contributed by atoms with Gasteiger partial charge in [-0.1, -0.05) is 11.8 Å². The number of ether oxygens (including phenoxy) is 1. The predicted octanol–water partition coefficient (Wildman–Crippen LogP) is 1.30. The van der Waals surface area contributed by atoms with Gasteiger partial charge in [0, 0.05) is 0 Å². The Labute approximate surface area is 97.8 Å². The van der Waals surface area contributed by atoms with E-state index in [0.717, 1.165) is 11.8 Å². The molecule has 0 aliphatic heterocycles. The lowest BCUT2D eigenvalue weighted by Crippen LogP contribution is -2.19. The SMILES string of the molecule is CC(C)(C)OCc1nc(SCC(=O)O)n[nH]1. The van der Waals surface area contributed by atoms with Gasteiger partial charge in [-0.05, 0) is 20.8 Å². The summed E-state index contributed by atoms with van der Waals surface area (Å²) in [5.74, 6) is -0.331. The van der Waals surface area contributed by atoms with Gasteiger partial charge in [0.25, 0.3) is 0 Å². The first-order valence-corrected chi connectivity index (χ1v) is 5.75. The molecule has 0 atom stereocenters. The summed E-state index contributed by atoms with van der Waals surface area (Å²) in [6.07, 6.45) is 0. The molecule has 0 amide bonds. The van der Waals surface area contributed by atoms with E-state index in [1.54, 1.807) is 0 Å². The van der Waals surface area contributed by atoms with Crippen LogP contribution in [0.25, 0.3) is 0 Å². The van der Waals surface area contributed by atoms with E-state index in [0.29, 0.717) is 17.6 Å². The number of hydrogen-bond acceptors (Lipinski definition) is 5. The molecule has 1 aromatic heterocycles. The number of nitrogens with one attached hydrogen (secondary N) is 1. The van der Waals surface area contributed by atoms with Crippen LogP contribution in [-0.4, -0.2) is 37.6 Å². The predicted molar refractivity (Wildman–Crippen MR) is 59.3 cm³/mol. The molecule has 0 spiro atoms. The van der Waals surface area contributed by atoms with Crippen LogP contribution in [0.2, 0.25) is 0 Å². The number of carboxylic acids is 1. The minimum absolute atomic E-state index is 0.0442. The van der Waals surface area contributed by atoms with Gasteiger partial charge in [-0.25, -0.2) is 4.98 Å². The molecule has 0 bridgehead atoms. The minimum Gasteiger partial charge on any atom is -0.481 e. The number of aliphatic carboxylic acids is 1. The van der Waals surface area contributed by atoms with E-state index in [1.165, 1.54) is 0 Å². The van der Waals surface area contributed by atoms with Gasteiger partial charge in [0.05, 0.1) is 11.4 Å². The summed E-state index contributed by atoms with van der Waals surface area (Å²) in [4.78, 5) is 14.4. The topological polar surface area (TPSA) is 88.1 Å². The van der Waals surface area contributed by atoms with Gasteiger partial charge in [0.1, 0.15) is 6.61 Å². The third-order valence-electron chi connectivity index (χ3n) is 1.48. The Hall–Kier alpha value is -1.08.